The first-order chi connectivity index (χ1) is 13.0. The van der Waals surface area contributed by atoms with Gasteiger partial charge in [-0.25, -0.2) is 0 Å². The second-order valence-electron chi connectivity index (χ2n) is 6.28. The van der Waals surface area contributed by atoms with Crippen LogP contribution in [0.15, 0.2) is 85.1 Å². The zero-order chi connectivity index (χ0) is 18.9. The molecule has 2 nitrogen and oxygen atoms in total. The zero-order valence-electron chi connectivity index (χ0n) is 14.2. The van der Waals surface area contributed by atoms with Crippen LogP contribution in [0.25, 0.3) is 10.8 Å². The highest BCUT2D eigenvalue weighted by molar-refractivity contribution is 5.84. The van der Waals surface area contributed by atoms with Crippen LogP contribution in [0.5, 0.6) is 0 Å². The summed E-state index contributed by atoms with van der Waals surface area (Å²) in [6.07, 6.45) is -2.67. The minimum atomic E-state index is -4.36. The van der Waals surface area contributed by atoms with Crippen LogP contribution in [0.3, 0.4) is 0 Å². The van der Waals surface area contributed by atoms with Gasteiger partial charge in [-0.05, 0) is 23.3 Å². The molecular formula is C22H15F3N2. The molecule has 4 aromatic rings. The Kier molecular flexibility index (Phi) is 4.36. The van der Waals surface area contributed by atoms with Gasteiger partial charge in [0.2, 0.25) is 0 Å². The molecule has 27 heavy (non-hydrogen) atoms. The summed E-state index contributed by atoms with van der Waals surface area (Å²) >= 11 is 0. The summed E-state index contributed by atoms with van der Waals surface area (Å²) in [5, 5.41) is 10.3. The molecule has 0 radical (unpaired) electrons. The number of alkyl halides is 3. The predicted octanol–water partition coefficient (Wildman–Crippen LogP) is 5.83. The molecule has 3 aromatic carbocycles. The molecule has 0 aliphatic heterocycles. The third-order valence-electron chi connectivity index (χ3n) is 4.58. The molecule has 5 heteroatoms. The first-order valence-electron chi connectivity index (χ1n) is 8.46. The van der Waals surface area contributed by atoms with Gasteiger partial charge in [0.25, 0.3) is 0 Å². The lowest BCUT2D eigenvalue weighted by Crippen LogP contribution is -2.09. The lowest BCUT2D eigenvalue weighted by Gasteiger charge is -2.19. The molecule has 1 heterocycles. The first kappa shape index (κ1) is 17.2. The van der Waals surface area contributed by atoms with Crippen LogP contribution >= 0.6 is 0 Å². The van der Waals surface area contributed by atoms with Crippen LogP contribution < -0.4 is 0 Å². The first-order valence-corrected chi connectivity index (χ1v) is 8.46. The van der Waals surface area contributed by atoms with Crippen molar-refractivity contribution in [3.8, 4) is 0 Å². The monoisotopic (exact) mass is 364 g/mol. The van der Waals surface area contributed by atoms with Gasteiger partial charge in [-0.2, -0.15) is 23.4 Å². The van der Waals surface area contributed by atoms with Crippen molar-refractivity contribution in [2.75, 3.05) is 0 Å². The van der Waals surface area contributed by atoms with Crippen LogP contribution in [-0.2, 0) is 6.18 Å². The number of fused-ring (bicyclic) bond motifs is 1. The van der Waals surface area contributed by atoms with Crippen LogP contribution in [0, 0.1) is 0 Å². The molecule has 0 saturated carbocycles. The second kappa shape index (κ2) is 6.83. The third kappa shape index (κ3) is 3.40. The summed E-state index contributed by atoms with van der Waals surface area (Å²) in [5.74, 6) is -0.313. The van der Waals surface area contributed by atoms with Crippen molar-refractivity contribution >= 4 is 10.8 Å². The summed E-state index contributed by atoms with van der Waals surface area (Å²) in [4.78, 5) is 0. The van der Waals surface area contributed by atoms with E-state index in [2.05, 4.69) is 10.2 Å². The van der Waals surface area contributed by atoms with E-state index >= 15 is 0 Å². The van der Waals surface area contributed by atoms with E-state index in [1.807, 2.05) is 54.6 Å². The zero-order valence-corrected chi connectivity index (χ0v) is 14.2. The van der Waals surface area contributed by atoms with Crippen molar-refractivity contribution in [1.29, 1.82) is 0 Å². The van der Waals surface area contributed by atoms with Gasteiger partial charge in [0.1, 0.15) is 0 Å². The Labute approximate surface area is 154 Å². The average Bonchev–Trinajstić information content (AvgIpc) is 2.69. The average molecular weight is 364 g/mol. The molecule has 0 amide bonds. The topological polar surface area (TPSA) is 25.8 Å². The van der Waals surface area contributed by atoms with Gasteiger partial charge in [0.15, 0.2) is 0 Å². The van der Waals surface area contributed by atoms with E-state index in [1.54, 1.807) is 6.20 Å². The van der Waals surface area contributed by atoms with E-state index in [0.29, 0.717) is 0 Å². The van der Waals surface area contributed by atoms with Crippen LogP contribution in [0.1, 0.15) is 28.3 Å². The smallest absolute Gasteiger partial charge is 0.166 e. The minimum absolute atomic E-state index is 0.313. The van der Waals surface area contributed by atoms with E-state index < -0.39 is 11.7 Å². The largest absolute Gasteiger partial charge is 0.416 e. The van der Waals surface area contributed by atoms with Crippen LogP contribution in [-0.4, -0.2) is 10.2 Å². The highest BCUT2D eigenvalue weighted by atomic mass is 19.4. The molecule has 134 valence electrons. The number of nitrogens with zero attached hydrogens (tertiary/aromatic N) is 2. The Morgan fingerprint density at radius 1 is 0.704 bits per heavy atom. The fourth-order valence-corrected chi connectivity index (χ4v) is 3.28. The standard InChI is InChI=1S/C22H15F3N2/c23-22(24,25)18-12-10-16(11-13-18)20(15-6-2-1-3-7-15)21-19-9-5-4-8-17(19)14-26-27-21/h1-14,20H. The highest BCUT2D eigenvalue weighted by Gasteiger charge is 2.30. The van der Waals surface area contributed by atoms with Crippen molar-refractivity contribution in [2.45, 2.75) is 12.1 Å². The van der Waals surface area contributed by atoms with Crippen molar-refractivity contribution in [1.82, 2.24) is 10.2 Å². The molecule has 0 aliphatic carbocycles. The molecule has 1 aromatic heterocycles. The predicted molar refractivity (Wildman–Crippen MR) is 98.4 cm³/mol. The lowest BCUT2D eigenvalue weighted by atomic mass is 9.86. The van der Waals surface area contributed by atoms with Crippen molar-refractivity contribution in [2.24, 2.45) is 0 Å². The SMILES string of the molecule is FC(F)(F)c1ccc(C(c2ccccc2)c2nncc3ccccc23)cc1. The molecule has 0 saturated heterocycles. The Hall–Kier alpha value is -3.21. The molecule has 0 fully saturated rings. The number of hydrogen-bond acceptors (Lipinski definition) is 2. The van der Waals surface area contributed by atoms with Crippen molar-refractivity contribution < 1.29 is 13.2 Å². The van der Waals surface area contributed by atoms with Crippen molar-refractivity contribution in [3.05, 3.63) is 107 Å². The molecule has 1 unspecified atom stereocenters. The molecular weight excluding hydrogens is 349 g/mol. The normalized spacial score (nSPS) is 12.9. The van der Waals surface area contributed by atoms with Crippen molar-refractivity contribution in [3.63, 3.8) is 0 Å². The third-order valence-corrected chi connectivity index (χ3v) is 4.58. The lowest BCUT2D eigenvalue weighted by molar-refractivity contribution is -0.137. The molecule has 0 aliphatic rings. The van der Waals surface area contributed by atoms with Gasteiger partial charge in [-0.3, -0.25) is 0 Å². The molecule has 0 bridgehead atoms. The summed E-state index contributed by atoms with van der Waals surface area (Å²) in [6, 6.07) is 22.6. The van der Waals surface area contributed by atoms with E-state index in [4.69, 9.17) is 0 Å². The summed E-state index contributed by atoms with van der Waals surface area (Å²) in [6.45, 7) is 0. The summed E-state index contributed by atoms with van der Waals surface area (Å²) in [7, 11) is 0. The molecule has 4 rings (SSSR count). The minimum Gasteiger partial charge on any atom is -0.166 e. The Morgan fingerprint density at radius 2 is 1.33 bits per heavy atom. The van der Waals surface area contributed by atoms with Crippen LogP contribution in [0.4, 0.5) is 13.2 Å². The Bertz CT molecular complexity index is 1050. The summed E-state index contributed by atoms with van der Waals surface area (Å²) < 4.78 is 38.9. The van der Waals surface area contributed by atoms with Gasteiger partial charge in [0, 0.05) is 10.8 Å². The number of hydrogen-bond donors (Lipinski definition) is 0. The van der Waals surface area contributed by atoms with Gasteiger partial charge in [-0.1, -0.05) is 66.7 Å². The fraction of sp³-hybridized carbons (Fsp3) is 0.0909. The maximum Gasteiger partial charge on any atom is 0.416 e. The van der Waals surface area contributed by atoms with E-state index in [9.17, 15) is 13.2 Å². The fourth-order valence-electron chi connectivity index (χ4n) is 3.28. The van der Waals surface area contributed by atoms with Crippen LogP contribution in [0.2, 0.25) is 0 Å². The second-order valence-corrected chi connectivity index (χ2v) is 6.28. The number of benzene rings is 3. The number of rotatable bonds is 3. The number of halogens is 3. The van der Waals surface area contributed by atoms with Gasteiger partial charge in [-0.15, -0.1) is 0 Å². The Morgan fingerprint density at radius 3 is 2.04 bits per heavy atom. The highest BCUT2D eigenvalue weighted by Crippen LogP contribution is 2.36. The molecule has 1 atom stereocenters. The van der Waals surface area contributed by atoms with E-state index in [-0.39, 0.29) is 5.92 Å². The summed E-state index contributed by atoms with van der Waals surface area (Å²) in [5.41, 5.74) is 1.74. The van der Waals surface area contributed by atoms with E-state index in [1.165, 1.54) is 12.1 Å². The molecule has 0 N–H and O–H groups in total. The number of aromatic nitrogens is 2. The van der Waals surface area contributed by atoms with Gasteiger partial charge >= 0.3 is 6.18 Å². The molecule has 0 spiro atoms. The quantitative estimate of drug-likeness (QED) is 0.457. The van der Waals surface area contributed by atoms with Gasteiger partial charge in [0.05, 0.1) is 23.4 Å². The maximum absolute atomic E-state index is 13.0. The maximum atomic E-state index is 13.0. The Balaban J connectivity index is 1.91. The van der Waals surface area contributed by atoms with Gasteiger partial charge < -0.3 is 0 Å². The van der Waals surface area contributed by atoms with E-state index in [0.717, 1.165) is 39.7 Å².